The number of aliphatic hydroxyl groups excluding tert-OH is 1. The second kappa shape index (κ2) is 7.64. The lowest BCUT2D eigenvalue weighted by Gasteiger charge is -2.12. The quantitative estimate of drug-likeness (QED) is 0.566. The van der Waals surface area contributed by atoms with Gasteiger partial charge in [-0.25, -0.2) is 0 Å². The van der Waals surface area contributed by atoms with E-state index >= 15 is 0 Å². The Kier molecular flexibility index (Phi) is 5.78. The average molecular weight is 366 g/mol. The number of hydrogen-bond donors (Lipinski definition) is 2. The summed E-state index contributed by atoms with van der Waals surface area (Å²) in [6.45, 7) is 0.935. The Morgan fingerprint density at radius 2 is 1.80 bits per heavy atom. The van der Waals surface area contributed by atoms with Gasteiger partial charge in [0.25, 0.3) is 0 Å². The van der Waals surface area contributed by atoms with Crippen LogP contribution in [0.1, 0.15) is 21.5 Å². The van der Waals surface area contributed by atoms with Crippen LogP contribution >= 0.6 is 0 Å². The second-order valence-corrected chi connectivity index (χ2v) is 6.80. The number of phenolic OH excluding ortho intramolecular Hbond substituents is 1. The fourth-order valence-corrected chi connectivity index (χ4v) is 3.23. The molecular formula is C17H18O7S. The molecule has 0 fully saturated rings. The molecule has 0 saturated carbocycles. The summed E-state index contributed by atoms with van der Waals surface area (Å²) in [5.74, 6) is -1.13. The maximum atomic E-state index is 12.6. The highest BCUT2D eigenvalue weighted by Crippen LogP contribution is 2.33. The third-order valence-electron chi connectivity index (χ3n) is 3.44. The number of carbonyl (C=O) groups is 1. The van der Waals surface area contributed by atoms with Crippen molar-refractivity contribution in [2.45, 2.75) is 11.8 Å². The summed E-state index contributed by atoms with van der Waals surface area (Å²) in [4.78, 5) is 12.2. The van der Waals surface area contributed by atoms with Crippen LogP contribution in [0.4, 0.5) is 0 Å². The molecule has 0 atom stereocenters. The molecule has 2 aromatic carbocycles. The van der Waals surface area contributed by atoms with Crippen LogP contribution in [0.25, 0.3) is 0 Å². The minimum Gasteiger partial charge on any atom is -0.507 e. The summed E-state index contributed by atoms with van der Waals surface area (Å²) in [6.07, 6.45) is 0. The lowest BCUT2D eigenvalue weighted by Crippen LogP contribution is -2.12. The summed E-state index contributed by atoms with van der Waals surface area (Å²) in [5, 5.41) is 18.8. The fraction of sp³-hybridized carbons (Fsp3) is 0.235. The van der Waals surface area contributed by atoms with Gasteiger partial charge in [-0.2, -0.15) is 8.42 Å². The average Bonchev–Trinajstić information content (AvgIpc) is 2.59. The molecule has 0 unspecified atom stereocenters. The molecule has 2 rings (SSSR count). The van der Waals surface area contributed by atoms with Gasteiger partial charge in [0.2, 0.25) is 0 Å². The molecule has 0 aromatic heterocycles. The number of aryl methyl sites for hydroxylation is 1. The van der Waals surface area contributed by atoms with E-state index in [1.807, 2.05) is 6.92 Å². The van der Waals surface area contributed by atoms with Gasteiger partial charge >= 0.3 is 10.1 Å². The van der Waals surface area contributed by atoms with Gasteiger partial charge in [-0.15, -0.1) is 0 Å². The monoisotopic (exact) mass is 366 g/mol. The van der Waals surface area contributed by atoms with Gasteiger partial charge in [-0.05, 0) is 13.0 Å². The van der Waals surface area contributed by atoms with Crippen molar-refractivity contribution in [3.8, 4) is 11.5 Å². The van der Waals surface area contributed by atoms with Crippen molar-refractivity contribution < 1.29 is 32.3 Å². The first-order valence-corrected chi connectivity index (χ1v) is 8.73. The molecular weight excluding hydrogens is 348 g/mol. The smallest absolute Gasteiger partial charge is 0.300 e. The number of carbonyl (C=O) groups excluding carboxylic acids is 1. The van der Waals surface area contributed by atoms with Crippen LogP contribution in [0, 0.1) is 6.92 Å². The number of hydrogen-bond acceptors (Lipinski definition) is 7. The molecule has 2 N–H and O–H groups in total. The zero-order valence-electron chi connectivity index (χ0n) is 13.7. The number of rotatable bonds is 7. The molecule has 0 aliphatic carbocycles. The summed E-state index contributed by atoms with van der Waals surface area (Å²) < 4.78 is 34.1. The van der Waals surface area contributed by atoms with E-state index in [9.17, 15) is 18.3 Å². The van der Waals surface area contributed by atoms with Crippen LogP contribution in [-0.4, -0.2) is 44.7 Å². The largest absolute Gasteiger partial charge is 0.507 e. The van der Waals surface area contributed by atoms with E-state index in [1.165, 1.54) is 7.11 Å². The van der Waals surface area contributed by atoms with Gasteiger partial charge in [-0.3, -0.25) is 8.98 Å². The van der Waals surface area contributed by atoms with Gasteiger partial charge in [0.05, 0.1) is 25.9 Å². The van der Waals surface area contributed by atoms with E-state index in [-0.39, 0.29) is 11.3 Å². The molecule has 25 heavy (non-hydrogen) atoms. The number of phenols is 1. The Balaban J connectivity index is 2.54. The van der Waals surface area contributed by atoms with Crippen molar-refractivity contribution in [2.75, 3.05) is 20.3 Å². The minimum atomic E-state index is -4.28. The molecule has 8 heteroatoms. The van der Waals surface area contributed by atoms with Gasteiger partial charge in [0.15, 0.2) is 5.78 Å². The predicted octanol–water partition coefficient (Wildman–Crippen LogP) is 1.64. The third kappa shape index (κ3) is 4.16. The number of aromatic hydroxyl groups is 1. The number of aliphatic hydroxyl groups is 1. The number of methoxy groups -OCH3 is 1. The molecule has 0 aliphatic heterocycles. The lowest BCUT2D eigenvalue weighted by molar-refractivity contribution is 0.103. The van der Waals surface area contributed by atoms with Crippen molar-refractivity contribution in [1.29, 1.82) is 0 Å². The van der Waals surface area contributed by atoms with E-state index in [0.717, 1.165) is 17.7 Å². The Bertz CT molecular complexity index is 871. The number of ether oxygens (including phenoxy) is 1. The molecule has 0 amide bonds. The van der Waals surface area contributed by atoms with Crippen molar-refractivity contribution in [3.05, 3.63) is 53.1 Å². The van der Waals surface area contributed by atoms with Crippen molar-refractivity contribution >= 4 is 15.9 Å². The van der Waals surface area contributed by atoms with Crippen LogP contribution in [0.3, 0.4) is 0 Å². The van der Waals surface area contributed by atoms with Crippen molar-refractivity contribution in [2.24, 2.45) is 0 Å². The van der Waals surface area contributed by atoms with Gasteiger partial charge in [-0.1, -0.05) is 29.8 Å². The molecule has 7 nitrogen and oxygen atoms in total. The van der Waals surface area contributed by atoms with E-state index in [0.29, 0.717) is 5.56 Å². The maximum absolute atomic E-state index is 12.6. The van der Waals surface area contributed by atoms with Gasteiger partial charge < -0.3 is 14.9 Å². The minimum absolute atomic E-state index is 0.170. The first-order valence-electron chi connectivity index (χ1n) is 7.33. The zero-order chi connectivity index (χ0) is 18.6. The standard InChI is InChI=1S/C17H18O7S/c1-11-3-5-12(6-4-11)17(20)13-9-16(15(23-2)10-14(13)19)25(21,22)24-8-7-18/h3-6,9-10,18-19H,7-8H2,1-2H3. The molecule has 0 bridgehead atoms. The van der Waals surface area contributed by atoms with Crippen LogP contribution in [0.5, 0.6) is 11.5 Å². The summed E-state index contributed by atoms with van der Waals surface area (Å²) in [6, 6.07) is 8.67. The fourth-order valence-electron chi connectivity index (χ4n) is 2.16. The Labute approximate surface area is 145 Å². The number of benzene rings is 2. The highest BCUT2D eigenvalue weighted by atomic mass is 32.2. The SMILES string of the molecule is COc1cc(O)c(C(=O)c2ccc(C)cc2)cc1S(=O)(=O)OCCO. The van der Waals surface area contributed by atoms with Crippen LogP contribution in [0.15, 0.2) is 41.3 Å². The second-order valence-electron chi connectivity index (χ2n) is 5.22. The van der Waals surface area contributed by atoms with Crippen LogP contribution < -0.4 is 4.74 Å². The third-order valence-corrected chi connectivity index (χ3v) is 4.77. The Morgan fingerprint density at radius 1 is 1.16 bits per heavy atom. The first kappa shape index (κ1) is 18.9. The molecule has 0 spiro atoms. The molecule has 134 valence electrons. The lowest BCUT2D eigenvalue weighted by atomic mass is 10.0. The summed E-state index contributed by atoms with van der Waals surface area (Å²) in [7, 11) is -3.05. The summed E-state index contributed by atoms with van der Waals surface area (Å²) in [5.41, 5.74) is 1.05. The van der Waals surface area contributed by atoms with Crippen molar-refractivity contribution in [1.82, 2.24) is 0 Å². The van der Waals surface area contributed by atoms with Gasteiger partial charge in [0.1, 0.15) is 16.4 Å². The Morgan fingerprint density at radius 3 is 2.36 bits per heavy atom. The zero-order valence-corrected chi connectivity index (χ0v) is 14.5. The summed E-state index contributed by atoms with van der Waals surface area (Å²) >= 11 is 0. The topological polar surface area (TPSA) is 110 Å². The van der Waals surface area contributed by atoms with E-state index in [2.05, 4.69) is 4.18 Å². The van der Waals surface area contributed by atoms with E-state index < -0.39 is 39.8 Å². The maximum Gasteiger partial charge on any atom is 0.300 e. The predicted molar refractivity (Wildman–Crippen MR) is 89.5 cm³/mol. The first-order chi connectivity index (χ1) is 11.8. The molecule has 0 aliphatic rings. The number of ketones is 1. The highest BCUT2D eigenvalue weighted by molar-refractivity contribution is 7.86. The highest BCUT2D eigenvalue weighted by Gasteiger charge is 2.25. The molecule has 0 saturated heterocycles. The van der Waals surface area contributed by atoms with Gasteiger partial charge in [0, 0.05) is 11.6 Å². The molecule has 0 heterocycles. The normalized spacial score (nSPS) is 11.3. The van der Waals surface area contributed by atoms with Crippen LogP contribution in [0.2, 0.25) is 0 Å². The molecule has 0 radical (unpaired) electrons. The van der Waals surface area contributed by atoms with Crippen LogP contribution in [-0.2, 0) is 14.3 Å². The molecule has 2 aromatic rings. The Hall–Kier alpha value is -2.42. The van der Waals surface area contributed by atoms with E-state index in [4.69, 9.17) is 9.84 Å². The van der Waals surface area contributed by atoms with E-state index in [1.54, 1.807) is 24.3 Å². The van der Waals surface area contributed by atoms with Crippen molar-refractivity contribution in [3.63, 3.8) is 0 Å².